The molecule has 3 rings (SSSR count). The average molecular weight is 361 g/mol. The first kappa shape index (κ1) is 16.4. The number of esters is 1. The number of nitrogens with zero attached hydrogens (tertiary/aromatic N) is 1. The van der Waals surface area contributed by atoms with E-state index in [1.807, 2.05) is 0 Å². The SMILES string of the molecule is CC(OC(=O)c1ccc2ncsc2c1)C(=O)Nc1cccc(Cl)c1. The van der Waals surface area contributed by atoms with Crippen LogP contribution in [0.2, 0.25) is 5.02 Å². The Hall–Kier alpha value is -2.44. The lowest BCUT2D eigenvalue weighted by Crippen LogP contribution is -2.30. The van der Waals surface area contributed by atoms with Crippen molar-refractivity contribution < 1.29 is 14.3 Å². The van der Waals surface area contributed by atoms with Gasteiger partial charge in [0.2, 0.25) is 0 Å². The van der Waals surface area contributed by atoms with Crippen LogP contribution < -0.4 is 5.32 Å². The molecule has 1 aromatic heterocycles. The highest BCUT2D eigenvalue weighted by Gasteiger charge is 2.19. The Kier molecular flexibility index (Phi) is 4.78. The first-order valence-corrected chi connectivity index (χ1v) is 8.39. The maximum atomic E-state index is 12.2. The molecule has 0 bridgehead atoms. The molecule has 0 aliphatic rings. The predicted molar refractivity (Wildman–Crippen MR) is 94.6 cm³/mol. The van der Waals surface area contributed by atoms with Gasteiger partial charge in [-0.1, -0.05) is 17.7 Å². The number of halogens is 1. The second kappa shape index (κ2) is 6.98. The van der Waals surface area contributed by atoms with Crippen molar-refractivity contribution in [2.24, 2.45) is 0 Å². The van der Waals surface area contributed by atoms with Crippen molar-refractivity contribution in [3.8, 4) is 0 Å². The third-order valence-corrected chi connectivity index (χ3v) is 4.34. The van der Waals surface area contributed by atoms with Gasteiger partial charge in [-0.3, -0.25) is 4.79 Å². The third kappa shape index (κ3) is 3.72. The number of aromatic nitrogens is 1. The van der Waals surface area contributed by atoms with Gasteiger partial charge in [-0.25, -0.2) is 9.78 Å². The number of hydrogen-bond acceptors (Lipinski definition) is 5. The summed E-state index contributed by atoms with van der Waals surface area (Å²) in [5, 5.41) is 3.17. The molecule has 1 heterocycles. The molecule has 24 heavy (non-hydrogen) atoms. The zero-order valence-corrected chi connectivity index (χ0v) is 14.2. The molecule has 0 spiro atoms. The van der Waals surface area contributed by atoms with Gasteiger partial charge in [0.15, 0.2) is 6.10 Å². The molecule has 0 aliphatic carbocycles. The van der Waals surface area contributed by atoms with Crippen molar-refractivity contribution in [2.45, 2.75) is 13.0 Å². The molecule has 2 aromatic carbocycles. The molecule has 1 atom stereocenters. The van der Waals surface area contributed by atoms with E-state index < -0.39 is 18.0 Å². The zero-order valence-electron chi connectivity index (χ0n) is 12.7. The quantitative estimate of drug-likeness (QED) is 0.710. The Balaban J connectivity index is 1.65. The van der Waals surface area contributed by atoms with Gasteiger partial charge in [0.1, 0.15) is 0 Å². The Labute approximate surface area is 147 Å². The smallest absolute Gasteiger partial charge is 0.338 e. The summed E-state index contributed by atoms with van der Waals surface area (Å²) in [4.78, 5) is 28.5. The van der Waals surface area contributed by atoms with Crippen molar-refractivity contribution in [1.29, 1.82) is 0 Å². The molecule has 0 radical (unpaired) electrons. The number of carbonyl (C=O) groups is 2. The van der Waals surface area contributed by atoms with Gasteiger partial charge in [-0.2, -0.15) is 0 Å². The molecule has 0 fully saturated rings. The molecule has 5 nitrogen and oxygen atoms in total. The van der Waals surface area contributed by atoms with E-state index in [0.29, 0.717) is 16.3 Å². The van der Waals surface area contributed by atoms with Crippen LogP contribution >= 0.6 is 22.9 Å². The second-order valence-corrected chi connectivity index (χ2v) is 6.40. The van der Waals surface area contributed by atoms with Crippen LogP contribution in [0.4, 0.5) is 5.69 Å². The summed E-state index contributed by atoms with van der Waals surface area (Å²) in [7, 11) is 0. The summed E-state index contributed by atoms with van der Waals surface area (Å²) < 4.78 is 6.12. The Morgan fingerprint density at radius 3 is 2.88 bits per heavy atom. The number of ether oxygens (including phenoxy) is 1. The molecule has 1 amide bonds. The van der Waals surface area contributed by atoms with Crippen LogP contribution in [0.25, 0.3) is 10.2 Å². The first-order chi connectivity index (χ1) is 11.5. The summed E-state index contributed by atoms with van der Waals surface area (Å²) in [5.74, 6) is -0.983. The van der Waals surface area contributed by atoms with Crippen LogP contribution in [0.5, 0.6) is 0 Å². The fourth-order valence-corrected chi connectivity index (χ4v) is 2.98. The van der Waals surface area contributed by atoms with E-state index in [2.05, 4.69) is 10.3 Å². The Morgan fingerprint density at radius 2 is 2.08 bits per heavy atom. The summed E-state index contributed by atoms with van der Waals surface area (Å²) in [6.07, 6.45) is -0.936. The number of carbonyl (C=O) groups excluding carboxylic acids is 2. The van der Waals surface area contributed by atoms with Crippen molar-refractivity contribution in [2.75, 3.05) is 5.32 Å². The third-order valence-electron chi connectivity index (χ3n) is 3.31. The summed E-state index contributed by atoms with van der Waals surface area (Å²) >= 11 is 7.31. The number of amides is 1. The maximum absolute atomic E-state index is 12.2. The topological polar surface area (TPSA) is 68.3 Å². The molecule has 1 unspecified atom stereocenters. The Bertz CT molecular complexity index is 909. The number of benzene rings is 2. The van der Waals surface area contributed by atoms with Gasteiger partial charge < -0.3 is 10.1 Å². The van der Waals surface area contributed by atoms with Gasteiger partial charge in [-0.05, 0) is 43.3 Å². The highest BCUT2D eigenvalue weighted by atomic mass is 35.5. The molecule has 0 aliphatic heterocycles. The van der Waals surface area contributed by atoms with Crippen molar-refractivity contribution >= 4 is 50.7 Å². The number of hydrogen-bond donors (Lipinski definition) is 1. The Morgan fingerprint density at radius 1 is 1.25 bits per heavy atom. The van der Waals surface area contributed by atoms with E-state index in [-0.39, 0.29) is 0 Å². The molecule has 1 N–H and O–H groups in total. The van der Waals surface area contributed by atoms with Crippen LogP contribution in [0.15, 0.2) is 48.0 Å². The predicted octanol–water partition coefficient (Wildman–Crippen LogP) is 4.13. The lowest BCUT2D eigenvalue weighted by Gasteiger charge is -2.13. The van der Waals surface area contributed by atoms with Gasteiger partial charge in [0, 0.05) is 10.7 Å². The van der Waals surface area contributed by atoms with Gasteiger partial charge in [0.05, 0.1) is 21.3 Å². The standard InChI is InChI=1S/C17H13ClN2O3S/c1-10(16(21)20-13-4-2-3-12(18)8-13)23-17(22)11-5-6-14-15(7-11)24-9-19-14/h2-10H,1H3,(H,20,21). The highest BCUT2D eigenvalue weighted by molar-refractivity contribution is 7.16. The lowest BCUT2D eigenvalue weighted by molar-refractivity contribution is -0.123. The number of thiazole rings is 1. The molecule has 122 valence electrons. The minimum atomic E-state index is -0.936. The summed E-state index contributed by atoms with van der Waals surface area (Å²) in [6.45, 7) is 1.52. The molecular weight excluding hydrogens is 348 g/mol. The van der Waals surface area contributed by atoms with Crippen LogP contribution in [0.1, 0.15) is 17.3 Å². The summed E-state index contributed by atoms with van der Waals surface area (Å²) in [6, 6.07) is 11.8. The fraction of sp³-hybridized carbons (Fsp3) is 0.118. The normalized spacial score (nSPS) is 11.9. The van der Waals surface area contributed by atoms with E-state index in [1.54, 1.807) is 48.0 Å². The van der Waals surface area contributed by atoms with Crippen molar-refractivity contribution in [1.82, 2.24) is 4.98 Å². The number of rotatable bonds is 4. The lowest BCUT2D eigenvalue weighted by atomic mass is 10.2. The first-order valence-electron chi connectivity index (χ1n) is 7.13. The zero-order chi connectivity index (χ0) is 17.1. The van der Waals surface area contributed by atoms with E-state index in [9.17, 15) is 9.59 Å². The maximum Gasteiger partial charge on any atom is 0.338 e. The van der Waals surface area contributed by atoms with Gasteiger partial charge in [0.25, 0.3) is 5.91 Å². The summed E-state index contributed by atoms with van der Waals surface area (Å²) in [5.41, 5.74) is 3.46. The van der Waals surface area contributed by atoms with E-state index >= 15 is 0 Å². The van der Waals surface area contributed by atoms with E-state index in [0.717, 1.165) is 10.2 Å². The number of nitrogens with one attached hydrogen (secondary N) is 1. The largest absolute Gasteiger partial charge is 0.449 e. The molecule has 3 aromatic rings. The molecule has 0 saturated heterocycles. The highest BCUT2D eigenvalue weighted by Crippen LogP contribution is 2.20. The second-order valence-electron chi connectivity index (χ2n) is 5.08. The van der Waals surface area contributed by atoms with Gasteiger partial charge in [-0.15, -0.1) is 11.3 Å². The molecule has 0 saturated carbocycles. The molecule has 7 heteroatoms. The molecular formula is C17H13ClN2O3S. The van der Waals surface area contributed by atoms with Crippen molar-refractivity contribution in [3.05, 3.63) is 58.6 Å². The fourth-order valence-electron chi connectivity index (χ4n) is 2.07. The van der Waals surface area contributed by atoms with E-state index in [1.165, 1.54) is 18.3 Å². The van der Waals surface area contributed by atoms with Crippen LogP contribution in [-0.2, 0) is 9.53 Å². The van der Waals surface area contributed by atoms with Gasteiger partial charge >= 0.3 is 5.97 Å². The van der Waals surface area contributed by atoms with Crippen LogP contribution in [0, 0.1) is 0 Å². The van der Waals surface area contributed by atoms with Crippen LogP contribution in [0.3, 0.4) is 0 Å². The number of anilines is 1. The van der Waals surface area contributed by atoms with Crippen LogP contribution in [-0.4, -0.2) is 23.0 Å². The van der Waals surface area contributed by atoms with E-state index in [4.69, 9.17) is 16.3 Å². The number of fused-ring (bicyclic) bond motifs is 1. The minimum Gasteiger partial charge on any atom is -0.449 e. The van der Waals surface area contributed by atoms with Crippen molar-refractivity contribution in [3.63, 3.8) is 0 Å². The monoisotopic (exact) mass is 360 g/mol. The average Bonchev–Trinajstić information content (AvgIpc) is 3.02. The minimum absolute atomic E-state index is 0.383.